The fourth-order valence-electron chi connectivity index (χ4n) is 1.86. The van der Waals surface area contributed by atoms with Gasteiger partial charge in [-0.25, -0.2) is 13.6 Å². The first-order valence-corrected chi connectivity index (χ1v) is 6.64. The molecule has 1 fully saturated rings. The van der Waals surface area contributed by atoms with Gasteiger partial charge in [0, 0.05) is 23.0 Å². The first kappa shape index (κ1) is 14.9. The lowest BCUT2D eigenvalue weighted by molar-refractivity contribution is 0.0674. The van der Waals surface area contributed by atoms with E-state index in [9.17, 15) is 18.4 Å². The van der Waals surface area contributed by atoms with E-state index in [1.54, 1.807) is 0 Å². The van der Waals surface area contributed by atoms with Gasteiger partial charge in [-0.3, -0.25) is 4.79 Å². The van der Waals surface area contributed by atoms with Crippen molar-refractivity contribution in [1.82, 2.24) is 5.32 Å². The van der Waals surface area contributed by atoms with Gasteiger partial charge in [0.05, 0.1) is 11.0 Å². The molecule has 7 heteroatoms. The summed E-state index contributed by atoms with van der Waals surface area (Å²) in [5.41, 5.74) is -1.14. The first-order valence-electron chi connectivity index (χ1n) is 5.85. The number of amides is 1. The van der Waals surface area contributed by atoms with Gasteiger partial charge in [-0.05, 0) is 18.2 Å². The molecule has 0 saturated heterocycles. The van der Waals surface area contributed by atoms with Crippen LogP contribution in [0.4, 0.5) is 8.78 Å². The SMILES string of the molecule is CC1(CNC(=O)c2cc(Br)cc(C(=O)O)c2)CC1(F)F. The minimum Gasteiger partial charge on any atom is -0.478 e. The van der Waals surface area contributed by atoms with Crippen LogP contribution in [0.5, 0.6) is 0 Å². The third-order valence-corrected chi connectivity index (χ3v) is 3.87. The standard InChI is InChI=1S/C13H12BrF2NO3/c1-12(5-13(12,15)16)6-17-10(18)7-2-8(11(19)20)4-9(14)3-7/h2-4H,5-6H2,1H3,(H,17,18)(H,19,20). The van der Waals surface area contributed by atoms with Crippen molar-refractivity contribution in [3.05, 3.63) is 33.8 Å². The fraction of sp³-hybridized carbons (Fsp3) is 0.385. The van der Waals surface area contributed by atoms with Crippen molar-refractivity contribution in [3.63, 3.8) is 0 Å². The predicted octanol–water partition coefficient (Wildman–Crippen LogP) is 2.92. The summed E-state index contributed by atoms with van der Waals surface area (Å²) in [6.07, 6.45) is -0.251. The van der Waals surface area contributed by atoms with Crippen molar-refractivity contribution in [1.29, 1.82) is 0 Å². The number of hydrogen-bond donors (Lipinski definition) is 2. The number of carbonyl (C=O) groups excluding carboxylic acids is 1. The first-order chi connectivity index (χ1) is 9.14. The molecule has 4 nitrogen and oxygen atoms in total. The summed E-state index contributed by atoms with van der Waals surface area (Å²) in [5, 5.41) is 11.3. The lowest BCUT2D eigenvalue weighted by Crippen LogP contribution is -2.31. The van der Waals surface area contributed by atoms with Crippen LogP contribution < -0.4 is 5.32 Å². The number of rotatable bonds is 4. The smallest absolute Gasteiger partial charge is 0.335 e. The number of alkyl halides is 2. The molecule has 1 aliphatic rings. The van der Waals surface area contributed by atoms with Crippen molar-refractivity contribution < 1.29 is 23.5 Å². The maximum absolute atomic E-state index is 13.0. The van der Waals surface area contributed by atoms with Crippen LogP contribution in [0.3, 0.4) is 0 Å². The summed E-state index contributed by atoms with van der Waals surface area (Å²) in [5.74, 6) is -4.48. The Morgan fingerprint density at radius 3 is 2.40 bits per heavy atom. The van der Waals surface area contributed by atoms with Crippen molar-refractivity contribution in [2.75, 3.05) is 6.54 Å². The normalized spacial score (nSPS) is 23.2. The van der Waals surface area contributed by atoms with Gasteiger partial charge in [0.25, 0.3) is 11.8 Å². The zero-order chi connectivity index (χ0) is 15.1. The molecule has 0 aliphatic heterocycles. The summed E-state index contributed by atoms with van der Waals surface area (Å²) < 4.78 is 26.5. The summed E-state index contributed by atoms with van der Waals surface area (Å²) in [7, 11) is 0. The molecule has 1 aliphatic carbocycles. The van der Waals surface area contributed by atoms with Crippen molar-refractivity contribution in [3.8, 4) is 0 Å². The Morgan fingerprint density at radius 2 is 1.90 bits per heavy atom. The molecule has 2 rings (SSSR count). The summed E-state index contributed by atoms with van der Waals surface area (Å²) >= 11 is 3.11. The van der Waals surface area contributed by atoms with Crippen LogP contribution in [0.25, 0.3) is 0 Å². The van der Waals surface area contributed by atoms with E-state index in [2.05, 4.69) is 21.2 Å². The Morgan fingerprint density at radius 1 is 1.35 bits per heavy atom. The molecule has 2 N–H and O–H groups in total. The number of benzene rings is 1. The van der Waals surface area contributed by atoms with Gasteiger partial charge in [0.15, 0.2) is 0 Å². The molecule has 0 heterocycles. The second-order valence-corrected chi connectivity index (χ2v) is 6.07. The van der Waals surface area contributed by atoms with Crippen LogP contribution in [0, 0.1) is 5.41 Å². The van der Waals surface area contributed by atoms with Gasteiger partial charge in [0.2, 0.25) is 0 Å². The van der Waals surface area contributed by atoms with Crippen LogP contribution >= 0.6 is 15.9 Å². The number of hydrogen-bond acceptors (Lipinski definition) is 2. The van der Waals surface area contributed by atoms with E-state index < -0.39 is 23.2 Å². The largest absolute Gasteiger partial charge is 0.478 e. The molecule has 0 radical (unpaired) electrons. The molecule has 1 amide bonds. The summed E-state index contributed by atoms with van der Waals surface area (Å²) in [6, 6.07) is 4.00. The van der Waals surface area contributed by atoms with E-state index in [-0.39, 0.29) is 24.1 Å². The number of carboxylic acid groups (broad SMARTS) is 1. The van der Waals surface area contributed by atoms with Crippen molar-refractivity contribution >= 4 is 27.8 Å². The third-order valence-electron chi connectivity index (χ3n) is 3.42. The third kappa shape index (κ3) is 2.82. The molecule has 20 heavy (non-hydrogen) atoms. The predicted molar refractivity (Wildman–Crippen MR) is 71.1 cm³/mol. The number of carboxylic acids is 1. The number of halogens is 3. The molecule has 1 aromatic carbocycles. The summed E-state index contributed by atoms with van der Waals surface area (Å²) in [6.45, 7) is 1.25. The highest BCUT2D eigenvalue weighted by atomic mass is 79.9. The van der Waals surface area contributed by atoms with Crippen LogP contribution in [-0.2, 0) is 0 Å². The Kier molecular flexibility index (Phi) is 3.58. The monoisotopic (exact) mass is 347 g/mol. The van der Waals surface area contributed by atoms with Crippen LogP contribution in [0.15, 0.2) is 22.7 Å². The number of nitrogens with one attached hydrogen (secondary N) is 1. The summed E-state index contributed by atoms with van der Waals surface area (Å²) in [4.78, 5) is 22.8. The van der Waals surface area contributed by atoms with E-state index in [1.807, 2.05) is 0 Å². The second kappa shape index (κ2) is 4.80. The topological polar surface area (TPSA) is 66.4 Å². The van der Waals surface area contributed by atoms with Gasteiger partial charge in [-0.2, -0.15) is 0 Å². The van der Waals surface area contributed by atoms with E-state index in [1.165, 1.54) is 25.1 Å². The minimum atomic E-state index is -2.75. The lowest BCUT2D eigenvalue weighted by atomic mass is 10.1. The molecule has 1 unspecified atom stereocenters. The molecule has 1 saturated carbocycles. The second-order valence-electron chi connectivity index (χ2n) is 5.16. The number of carbonyl (C=O) groups is 2. The molecule has 0 aromatic heterocycles. The Bertz CT molecular complexity index is 591. The van der Waals surface area contributed by atoms with Crippen LogP contribution in [0.1, 0.15) is 34.1 Å². The molecule has 0 bridgehead atoms. The molecular formula is C13H12BrF2NO3. The Balaban J connectivity index is 2.08. The van der Waals surface area contributed by atoms with Gasteiger partial charge in [0.1, 0.15) is 0 Å². The molecule has 1 aromatic rings. The zero-order valence-corrected chi connectivity index (χ0v) is 12.1. The lowest BCUT2D eigenvalue weighted by Gasteiger charge is -2.12. The van der Waals surface area contributed by atoms with Crippen molar-refractivity contribution in [2.24, 2.45) is 5.41 Å². The van der Waals surface area contributed by atoms with E-state index in [4.69, 9.17) is 5.11 Å². The molecule has 1 atom stereocenters. The van der Waals surface area contributed by atoms with E-state index in [0.717, 1.165) is 0 Å². The van der Waals surface area contributed by atoms with Gasteiger partial charge in [-0.15, -0.1) is 0 Å². The van der Waals surface area contributed by atoms with Crippen molar-refractivity contribution in [2.45, 2.75) is 19.3 Å². The average molecular weight is 348 g/mol. The highest BCUT2D eigenvalue weighted by molar-refractivity contribution is 9.10. The van der Waals surface area contributed by atoms with Crippen LogP contribution in [0.2, 0.25) is 0 Å². The molecule has 0 spiro atoms. The van der Waals surface area contributed by atoms with Gasteiger partial charge >= 0.3 is 5.97 Å². The highest BCUT2D eigenvalue weighted by Gasteiger charge is 2.67. The zero-order valence-electron chi connectivity index (χ0n) is 10.5. The quantitative estimate of drug-likeness (QED) is 0.879. The van der Waals surface area contributed by atoms with Crippen LogP contribution in [-0.4, -0.2) is 29.5 Å². The maximum Gasteiger partial charge on any atom is 0.335 e. The minimum absolute atomic E-state index is 0.0486. The fourth-order valence-corrected chi connectivity index (χ4v) is 2.35. The number of aromatic carboxylic acids is 1. The average Bonchev–Trinajstić information content (AvgIpc) is 2.85. The van der Waals surface area contributed by atoms with E-state index >= 15 is 0 Å². The molecule has 108 valence electrons. The Hall–Kier alpha value is -1.50. The Labute approximate surface area is 122 Å². The van der Waals surface area contributed by atoms with Gasteiger partial charge < -0.3 is 10.4 Å². The maximum atomic E-state index is 13.0. The van der Waals surface area contributed by atoms with Gasteiger partial charge in [-0.1, -0.05) is 22.9 Å². The van der Waals surface area contributed by atoms with E-state index in [0.29, 0.717) is 4.47 Å². The molecular weight excluding hydrogens is 336 g/mol. The highest BCUT2D eigenvalue weighted by Crippen LogP contribution is 2.59.